The second-order valence-corrected chi connectivity index (χ2v) is 11.2. The average molecular weight is 453 g/mol. The highest BCUT2D eigenvalue weighted by molar-refractivity contribution is 7.99. The summed E-state index contributed by atoms with van der Waals surface area (Å²) in [6.07, 6.45) is 0.642. The van der Waals surface area contributed by atoms with E-state index < -0.39 is 9.84 Å². The fourth-order valence-corrected chi connectivity index (χ4v) is 6.06. The van der Waals surface area contributed by atoms with Crippen molar-refractivity contribution >= 4 is 50.4 Å². The zero-order valence-electron chi connectivity index (χ0n) is 16.4. The van der Waals surface area contributed by atoms with Crippen LogP contribution in [0.25, 0.3) is 0 Å². The molecule has 0 saturated carbocycles. The number of sulfone groups is 1. The molecule has 29 heavy (non-hydrogen) atoms. The summed E-state index contributed by atoms with van der Waals surface area (Å²) in [6, 6.07) is 6.79. The van der Waals surface area contributed by atoms with Gasteiger partial charge in [-0.3, -0.25) is 9.59 Å². The third-order valence-corrected chi connectivity index (χ3v) is 8.87. The molecule has 2 aromatic rings. The topological polar surface area (TPSA) is 92.3 Å². The summed E-state index contributed by atoms with van der Waals surface area (Å²) >= 11 is 3.18. The lowest BCUT2D eigenvalue weighted by atomic mass is 10.2. The van der Waals surface area contributed by atoms with Crippen LogP contribution in [0.15, 0.2) is 39.4 Å². The Kier molecular flexibility index (Phi) is 7.02. The molecule has 156 valence electrons. The summed E-state index contributed by atoms with van der Waals surface area (Å²) in [5.41, 5.74) is 1.72. The molecule has 1 aromatic carbocycles. The Morgan fingerprint density at radius 2 is 2.10 bits per heavy atom. The van der Waals surface area contributed by atoms with E-state index in [2.05, 4.69) is 10.6 Å². The zero-order valence-corrected chi connectivity index (χ0v) is 18.8. The van der Waals surface area contributed by atoms with Gasteiger partial charge in [-0.05, 0) is 48.6 Å². The van der Waals surface area contributed by atoms with Gasteiger partial charge in [0.05, 0.1) is 16.3 Å². The Balaban J connectivity index is 1.57. The number of thiophene rings is 1. The third-order valence-electron chi connectivity index (χ3n) is 4.74. The summed E-state index contributed by atoms with van der Waals surface area (Å²) < 4.78 is 25.3. The van der Waals surface area contributed by atoms with Gasteiger partial charge < -0.3 is 10.6 Å². The minimum Gasteiger partial charge on any atom is -0.356 e. The number of hydrogen-bond donors (Lipinski definition) is 2. The highest BCUT2D eigenvalue weighted by Crippen LogP contribution is 2.34. The molecule has 1 aliphatic heterocycles. The summed E-state index contributed by atoms with van der Waals surface area (Å²) in [5.74, 6) is -0.168. The maximum atomic E-state index is 12.7. The van der Waals surface area contributed by atoms with Crippen LogP contribution in [-0.2, 0) is 25.8 Å². The van der Waals surface area contributed by atoms with Crippen molar-refractivity contribution in [3.8, 4) is 0 Å². The van der Waals surface area contributed by atoms with Crippen molar-refractivity contribution in [2.75, 3.05) is 23.4 Å². The van der Waals surface area contributed by atoms with Crippen LogP contribution in [0.2, 0.25) is 0 Å². The summed E-state index contributed by atoms with van der Waals surface area (Å²) in [7, 11) is -3.63. The second kappa shape index (κ2) is 9.32. The second-order valence-electron chi connectivity index (χ2n) is 7.05. The van der Waals surface area contributed by atoms with Gasteiger partial charge in [-0.1, -0.05) is 6.92 Å². The Labute approximate surface area is 179 Å². The van der Waals surface area contributed by atoms with Gasteiger partial charge in [0.1, 0.15) is 0 Å². The monoisotopic (exact) mass is 452 g/mol. The van der Waals surface area contributed by atoms with Crippen LogP contribution in [0.1, 0.15) is 23.8 Å². The molecule has 1 atom stereocenters. The molecule has 1 unspecified atom stereocenters. The van der Waals surface area contributed by atoms with E-state index in [0.29, 0.717) is 18.0 Å². The van der Waals surface area contributed by atoms with Crippen molar-refractivity contribution in [2.24, 2.45) is 5.92 Å². The number of anilines is 1. The zero-order chi connectivity index (χ0) is 21.0. The lowest BCUT2D eigenvalue weighted by Crippen LogP contribution is -2.27. The lowest BCUT2D eigenvalue weighted by Gasteiger charge is -2.10. The molecule has 0 bridgehead atoms. The first-order valence-electron chi connectivity index (χ1n) is 9.36. The molecule has 2 N–H and O–H groups in total. The van der Waals surface area contributed by atoms with Crippen LogP contribution in [-0.4, -0.2) is 38.3 Å². The van der Waals surface area contributed by atoms with E-state index in [-0.39, 0.29) is 34.8 Å². The SMILES string of the molecule is Cc1ccsc1CCNC(=O)CCS(=O)(=O)c1ccc2c(c1)NC(=O)C(C)CS2. The Hall–Kier alpha value is -1.84. The minimum atomic E-state index is -3.63. The first-order valence-corrected chi connectivity index (χ1v) is 12.9. The van der Waals surface area contributed by atoms with E-state index in [0.717, 1.165) is 11.3 Å². The molecule has 0 fully saturated rings. The first-order chi connectivity index (χ1) is 13.8. The molecule has 2 amide bonds. The van der Waals surface area contributed by atoms with Gasteiger partial charge >= 0.3 is 0 Å². The van der Waals surface area contributed by atoms with Crippen LogP contribution in [0.3, 0.4) is 0 Å². The number of benzene rings is 1. The van der Waals surface area contributed by atoms with Gasteiger partial charge in [0, 0.05) is 34.4 Å². The van der Waals surface area contributed by atoms with Crippen molar-refractivity contribution in [3.63, 3.8) is 0 Å². The fraction of sp³-hybridized carbons (Fsp3) is 0.400. The highest BCUT2D eigenvalue weighted by atomic mass is 32.2. The number of carbonyl (C=O) groups excluding carboxylic acids is 2. The first kappa shape index (κ1) is 21.9. The van der Waals surface area contributed by atoms with Crippen molar-refractivity contribution in [3.05, 3.63) is 40.1 Å². The molecule has 9 heteroatoms. The lowest BCUT2D eigenvalue weighted by molar-refractivity contribution is -0.120. The van der Waals surface area contributed by atoms with E-state index in [1.165, 1.54) is 28.3 Å². The van der Waals surface area contributed by atoms with Crippen LogP contribution < -0.4 is 10.6 Å². The average Bonchev–Trinajstić information content (AvgIpc) is 3.03. The van der Waals surface area contributed by atoms with Crippen LogP contribution in [0, 0.1) is 12.8 Å². The summed E-state index contributed by atoms with van der Waals surface area (Å²) in [5, 5.41) is 7.59. The van der Waals surface area contributed by atoms with Gasteiger partial charge in [-0.2, -0.15) is 0 Å². The van der Waals surface area contributed by atoms with Gasteiger partial charge in [0.15, 0.2) is 9.84 Å². The van der Waals surface area contributed by atoms with E-state index in [1.807, 2.05) is 25.3 Å². The number of amides is 2. The van der Waals surface area contributed by atoms with E-state index in [4.69, 9.17) is 0 Å². The van der Waals surface area contributed by atoms with Crippen molar-refractivity contribution in [1.29, 1.82) is 0 Å². The molecule has 0 spiro atoms. The Morgan fingerprint density at radius 1 is 1.31 bits per heavy atom. The van der Waals surface area contributed by atoms with Crippen LogP contribution in [0.5, 0.6) is 0 Å². The van der Waals surface area contributed by atoms with Crippen LogP contribution >= 0.6 is 23.1 Å². The Morgan fingerprint density at radius 3 is 2.83 bits per heavy atom. The maximum absolute atomic E-state index is 12.7. The molecule has 1 aliphatic rings. The van der Waals surface area contributed by atoms with E-state index in [1.54, 1.807) is 23.5 Å². The number of nitrogens with one attached hydrogen (secondary N) is 2. The van der Waals surface area contributed by atoms with Crippen LogP contribution in [0.4, 0.5) is 5.69 Å². The Bertz CT molecular complexity index is 1010. The largest absolute Gasteiger partial charge is 0.356 e. The third kappa shape index (κ3) is 5.61. The molecule has 0 radical (unpaired) electrons. The van der Waals surface area contributed by atoms with E-state index in [9.17, 15) is 18.0 Å². The number of fused-ring (bicyclic) bond motifs is 1. The molecule has 0 saturated heterocycles. The summed E-state index contributed by atoms with van der Waals surface area (Å²) in [4.78, 5) is 26.3. The van der Waals surface area contributed by atoms with Crippen molar-refractivity contribution in [1.82, 2.24) is 5.32 Å². The molecule has 1 aromatic heterocycles. The smallest absolute Gasteiger partial charge is 0.228 e. The van der Waals surface area contributed by atoms with E-state index >= 15 is 0 Å². The predicted octanol–water partition coefficient (Wildman–Crippen LogP) is 3.26. The molecule has 0 aliphatic carbocycles. The highest BCUT2D eigenvalue weighted by Gasteiger charge is 2.23. The van der Waals surface area contributed by atoms with Gasteiger partial charge in [0.25, 0.3) is 0 Å². The van der Waals surface area contributed by atoms with Gasteiger partial charge in [-0.15, -0.1) is 23.1 Å². The van der Waals surface area contributed by atoms with Crippen molar-refractivity contribution in [2.45, 2.75) is 36.5 Å². The summed E-state index contributed by atoms with van der Waals surface area (Å²) in [6.45, 7) is 4.35. The fourth-order valence-electron chi connectivity index (χ4n) is 2.88. The molecular formula is C20H24N2O4S3. The predicted molar refractivity (Wildman–Crippen MR) is 117 cm³/mol. The van der Waals surface area contributed by atoms with Crippen molar-refractivity contribution < 1.29 is 18.0 Å². The quantitative estimate of drug-likeness (QED) is 0.673. The number of hydrogen-bond acceptors (Lipinski definition) is 6. The number of carbonyl (C=O) groups is 2. The number of rotatable bonds is 7. The number of thioether (sulfide) groups is 1. The molecule has 3 rings (SSSR count). The molecule has 6 nitrogen and oxygen atoms in total. The van der Waals surface area contributed by atoms with Gasteiger partial charge in [0.2, 0.25) is 11.8 Å². The molecule has 2 heterocycles. The van der Waals surface area contributed by atoms with Gasteiger partial charge in [-0.25, -0.2) is 8.42 Å². The standard InChI is InChI=1S/C20H24N2O4S3/c1-13-6-9-27-17(13)5-8-21-19(23)7-10-29(25,26)15-3-4-18-16(11-15)22-20(24)14(2)12-28-18/h3-4,6,9,11,14H,5,7-8,10,12H2,1-2H3,(H,21,23)(H,22,24). The minimum absolute atomic E-state index is 0.0962. The normalized spacial score (nSPS) is 16.6. The number of aryl methyl sites for hydroxylation is 1. The molecular weight excluding hydrogens is 428 g/mol. The maximum Gasteiger partial charge on any atom is 0.228 e.